The van der Waals surface area contributed by atoms with Crippen LogP contribution >= 0.6 is 0 Å². The number of nitro groups is 1. The minimum Gasteiger partial charge on any atom is -0.366 e. The predicted octanol–water partition coefficient (Wildman–Crippen LogP) is 2.06. The fourth-order valence-electron chi connectivity index (χ4n) is 3.11. The predicted molar refractivity (Wildman–Crippen MR) is 78.4 cm³/mol. The van der Waals surface area contributed by atoms with Gasteiger partial charge in [0.25, 0.3) is 5.69 Å². The third-order valence-electron chi connectivity index (χ3n) is 4.13. The van der Waals surface area contributed by atoms with Gasteiger partial charge < -0.3 is 14.4 Å². The molecule has 1 aromatic carbocycles. The lowest BCUT2D eigenvalue weighted by molar-refractivity contribution is -0.384. The maximum atomic E-state index is 11.3. The number of hydrogen-bond donors (Lipinski definition) is 0. The Kier molecular flexibility index (Phi) is 4.22. The second-order valence-corrected chi connectivity index (χ2v) is 5.53. The highest BCUT2D eigenvalue weighted by atomic mass is 16.7. The van der Waals surface area contributed by atoms with Crippen molar-refractivity contribution >= 4 is 11.4 Å². The number of piperidine rings is 1. The number of rotatable bonds is 3. The molecule has 0 radical (unpaired) electrons. The summed E-state index contributed by atoms with van der Waals surface area (Å²) in [5, 5.41) is 20.2. The molecule has 2 saturated heterocycles. The molecule has 116 valence electrons. The highest BCUT2D eigenvalue weighted by molar-refractivity contribution is 5.65. The monoisotopic (exact) mass is 303 g/mol. The summed E-state index contributed by atoms with van der Waals surface area (Å²) in [7, 11) is 0. The second kappa shape index (κ2) is 6.30. The Hall–Kier alpha value is -2.17. The van der Waals surface area contributed by atoms with E-state index in [0.717, 1.165) is 19.4 Å². The lowest BCUT2D eigenvalue weighted by Crippen LogP contribution is -2.41. The Balaban J connectivity index is 1.83. The van der Waals surface area contributed by atoms with Crippen LogP contribution in [0.1, 0.15) is 18.4 Å². The van der Waals surface area contributed by atoms with E-state index < -0.39 is 4.92 Å². The molecule has 0 bridgehead atoms. The molecule has 0 aliphatic carbocycles. The Morgan fingerprint density at radius 2 is 2.14 bits per heavy atom. The van der Waals surface area contributed by atoms with Crippen LogP contribution in [-0.2, 0) is 9.47 Å². The van der Waals surface area contributed by atoms with Crippen LogP contribution in [-0.4, -0.2) is 37.5 Å². The van der Waals surface area contributed by atoms with E-state index in [1.165, 1.54) is 6.07 Å². The van der Waals surface area contributed by atoms with Crippen molar-refractivity contribution in [3.8, 4) is 6.07 Å². The van der Waals surface area contributed by atoms with Gasteiger partial charge in [-0.15, -0.1) is 0 Å². The number of benzene rings is 1. The topological polar surface area (TPSA) is 88.6 Å². The zero-order valence-electron chi connectivity index (χ0n) is 12.1. The second-order valence-electron chi connectivity index (χ2n) is 5.53. The highest BCUT2D eigenvalue weighted by Gasteiger charge is 2.33. The van der Waals surface area contributed by atoms with Gasteiger partial charge in [-0.25, -0.2) is 0 Å². The fourth-order valence-corrected chi connectivity index (χ4v) is 3.11. The van der Waals surface area contributed by atoms with E-state index in [-0.39, 0.29) is 17.9 Å². The minimum atomic E-state index is -0.428. The Bertz CT molecular complexity index is 607. The van der Waals surface area contributed by atoms with Crippen LogP contribution in [0.2, 0.25) is 0 Å². The third kappa shape index (κ3) is 2.89. The summed E-state index contributed by atoms with van der Waals surface area (Å²) in [6.45, 7) is 2.64. The summed E-state index contributed by atoms with van der Waals surface area (Å²) in [5.41, 5.74) is 0.839. The van der Waals surface area contributed by atoms with E-state index in [9.17, 15) is 10.1 Å². The van der Waals surface area contributed by atoms with Crippen molar-refractivity contribution in [3.63, 3.8) is 0 Å². The van der Waals surface area contributed by atoms with Crippen LogP contribution in [0.25, 0.3) is 0 Å². The first-order chi connectivity index (χ1) is 10.7. The van der Waals surface area contributed by atoms with Crippen LogP contribution in [0.3, 0.4) is 0 Å². The number of ether oxygens (including phenoxy) is 2. The standard InChI is InChI=1S/C15H17N3O4/c16-9-11-3-4-13(14(8-11)18(19)20)17-5-1-2-12(10-17)15-21-6-7-22-15/h3-4,8,12,15H,1-2,5-7,10H2/t12-/m0/s1. The first-order valence-electron chi connectivity index (χ1n) is 7.36. The van der Waals surface area contributed by atoms with Gasteiger partial charge in [0.15, 0.2) is 6.29 Å². The Labute approximate surface area is 128 Å². The smallest absolute Gasteiger partial charge is 0.293 e. The van der Waals surface area contributed by atoms with Gasteiger partial charge >= 0.3 is 0 Å². The zero-order valence-corrected chi connectivity index (χ0v) is 12.1. The molecule has 0 saturated carbocycles. The summed E-state index contributed by atoms with van der Waals surface area (Å²) in [5.74, 6) is 0.214. The van der Waals surface area contributed by atoms with Gasteiger partial charge in [0.1, 0.15) is 5.69 Å². The molecule has 3 rings (SSSR count). The van der Waals surface area contributed by atoms with Gasteiger partial charge in [0, 0.05) is 25.1 Å². The normalized spacial score (nSPS) is 22.5. The molecule has 0 N–H and O–H groups in total. The number of anilines is 1. The van der Waals surface area contributed by atoms with Crippen molar-refractivity contribution in [1.29, 1.82) is 5.26 Å². The van der Waals surface area contributed by atoms with E-state index in [0.29, 0.717) is 31.0 Å². The molecule has 2 heterocycles. The Morgan fingerprint density at radius 1 is 1.36 bits per heavy atom. The van der Waals surface area contributed by atoms with Crippen molar-refractivity contribution in [2.24, 2.45) is 5.92 Å². The van der Waals surface area contributed by atoms with Gasteiger partial charge in [0.05, 0.1) is 29.8 Å². The summed E-state index contributed by atoms with van der Waals surface area (Å²) in [6.07, 6.45) is 1.72. The molecule has 0 unspecified atom stereocenters. The number of nitrogens with zero attached hydrogens (tertiary/aromatic N) is 3. The summed E-state index contributed by atoms with van der Waals surface area (Å²) < 4.78 is 11.1. The van der Waals surface area contributed by atoms with E-state index in [1.54, 1.807) is 12.1 Å². The van der Waals surface area contributed by atoms with Crippen molar-refractivity contribution in [2.45, 2.75) is 19.1 Å². The highest BCUT2D eigenvalue weighted by Crippen LogP contribution is 2.34. The van der Waals surface area contributed by atoms with Crippen molar-refractivity contribution < 1.29 is 14.4 Å². The van der Waals surface area contributed by atoms with E-state index in [2.05, 4.69) is 0 Å². The number of nitro benzene ring substituents is 1. The average Bonchev–Trinajstić information content (AvgIpc) is 3.09. The number of nitriles is 1. The fraction of sp³-hybridized carbons (Fsp3) is 0.533. The molecule has 0 amide bonds. The Morgan fingerprint density at radius 3 is 2.82 bits per heavy atom. The summed E-state index contributed by atoms with van der Waals surface area (Å²) in [4.78, 5) is 12.9. The maximum Gasteiger partial charge on any atom is 0.293 e. The molecule has 1 aromatic rings. The molecule has 0 aromatic heterocycles. The van der Waals surface area contributed by atoms with Crippen LogP contribution < -0.4 is 4.90 Å². The van der Waals surface area contributed by atoms with Gasteiger partial charge in [-0.1, -0.05) is 0 Å². The van der Waals surface area contributed by atoms with Crippen LogP contribution in [0.5, 0.6) is 0 Å². The minimum absolute atomic E-state index is 0.0204. The molecule has 2 fully saturated rings. The quantitative estimate of drug-likeness (QED) is 0.627. The lowest BCUT2D eigenvalue weighted by atomic mass is 9.96. The number of hydrogen-bond acceptors (Lipinski definition) is 6. The molecule has 7 heteroatoms. The SMILES string of the molecule is N#Cc1ccc(N2CCC[C@H](C3OCCO3)C2)c([N+](=O)[O-])c1. The van der Waals surface area contributed by atoms with Crippen LogP contribution in [0.4, 0.5) is 11.4 Å². The maximum absolute atomic E-state index is 11.3. The van der Waals surface area contributed by atoms with Crippen molar-refractivity contribution in [2.75, 3.05) is 31.2 Å². The van der Waals surface area contributed by atoms with Gasteiger partial charge in [-0.05, 0) is 25.0 Å². The van der Waals surface area contributed by atoms with E-state index >= 15 is 0 Å². The van der Waals surface area contributed by atoms with Gasteiger partial charge in [-0.2, -0.15) is 5.26 Å². The summed E-state index contributed by atoms with van der Waals surface area (Å²) in [6, 6.07) is 6.56. The zero-order chi connectivity index (χ0) is 15.5. The third-order valence-corrected chi connectivity index (χ3v) is 4.13. The van der Waals surface area contributed by atoms with Crippen LogP contribution in [0.15, 0.2) is 18.2 Å². The first kappa shape index (κ1) is 14.8. The van der Waals surface area contributed by atoms with Crippen molar-refractivity contribution in [3.05, 3.63) is 33.9 Å². The average molecular weight is 303 g/mol. The molecular formula is C15H17N3O4. The molecule has 22 heavy (non-hydrogen) atoms. The largest absolute Gasteiger partial charge is 0.366 e. The first-order valence-corrected chi connectivity index (χ1v) is 7.36. The van der Waals surface area contributed by atoms with E-state index in [4.69, 9.17) is 14.7 Å². The van der Waals surface area contributed by atoms with Gasteiger partial charge in [-0.3, -0.25) is 10.1 Å². The molecule has 0 spiro atoms. The lowest BCUT2D eigenvalue weighted by Gasteiger charge is -2.35. The van der Waals surface area contributed by atoms with Gasteiger partial charge in [0.2, 0.25) is 0 Å². The molecule has 1 atom stereocenters. The molecule has 2 aliphatic heterocycles. The van der Waals surface area contributed by atoms with Crippen molar-refractivity contribution in [1.82, 2.24) is 0 Å². The van der Waals surface area contributed by atoms with E-state index in [1.807, 2.05) is 11.0 Å². The summed E-state index contributed by atoms with van der Waals surface area (Å²) >= 11 is 0. The molecular weight excluding hydrogens is 286 g/mol. The van der Waals surface area contributed by atoms with Crippen LogP contribution in [0, 0.1) is 27.4 Å². The molecule has 2 aliphatic rings. The molecule has 7 nitrogen and oxygen atoms in total.